The maximum Gasteiger partial charge on any atom is 0.255 e. The highest BCUT2D eigenvalue weighted by atomic mass is 32.2. The van der Waals surface area contributed by atoms with Crippen LogP contribution in [0.4, 0.5) is 0 Å². The van der Waals surface area contributed by atoms with E-state index < -0.39 is 10.0 Å². The Balaban J connectivity index is 2.07. The van der Waals surface area contributed by atoms with Crippen LogP contribution in [-0.2, 0) is 10.0 Å². The number of aromatic amines is 1. The standard InChI is InChI=1S/C21H29N3O4S/c1-12(2)15-11-18(29(22,26)27)13(3)19(20(15)28-4)21(25)24-17(10-14-7-8-14)16-6-5-9-23-16/h5-6,9,11-12,14,17,23H,7-8,10H2,1-4H3,(H,24,25)(H2,22,26,27). The minimum Gasteiger partial charge on any atom is -0.496 e. The number of rotatable bonds is 8. The van der Waals surface area contributed by atoms with E-state index in [9.17, 15) is 13.2 Å². The van der Waals surface area contributed by atoms with Gasteiger partial charge in [0, 0.05) is 11.9 Å². The van der Waals surface area contributed by atoms with Crippen molar-refractivity contribution < 1.29 is 17.9 Å². The number of primary sulfonamides is 1. The van der Waals surface area contributed by atoms with Crippen molar-refractivity contribution in [3.05, 3.63) is 46.8 Å². The van der Waals surface area contributed by atoms with Crippen LogP contribution >= 0.6 is 0 Å². The van der Waals surface area contributed by atoms with E-state index >= 15 is 0 Å². The highest BCUT2D eigenvalue weighted by Gasteiger charge is 2.31. The fourth-order valence-electron chi connectivity index (χ4n) is 3.71. The van der Waals surface area contributed by atoms with Gasteiger partial charge in [0.05, 0.1) is 23.6 Å². The number of sulfonamides is 1. The molecule has 0 saturated heterocycles. The molecule has 0 bridgehead atoms. The molecule has 7 nitrogen and oxygen atoms in total. The van der Waals surface area contributed by atoms with Gasteiger partial charge in [0.2, 0.25) is 10.0 Å². The number of hydrogen-bond donors (Lipinski definition) is 3. The first-order valence-corrected chi connectivity index (χ1v) is 11.4. The Kier molecular flexibility index (Phi) is 6.05. The third-order valence-electron chi connectivity index (χ3n) is 5.45. The highest BCUT2D eigenvalue weighted by Crippen LogP contribution is 2.39. The Morgan fingerprint density at radius 1 is 1.38 bits per heavy atom. The van der Waals surface area contributed by atoms with Crippen LogP contribution in [-0.4, -0.2) is 26.4 Å². The van der Waals surface area contributed by atoms with Gasteiger partial charge in [-0.25, -0.2) is 13.6 Å². The van der Waals surface area contributed by atoms with Crippen molar-refractivity contribution in [3.63, 3.8) is 0 Å². The smallest absolute Gasteiger partial charge is 0.255 e. The molecular formula is C21H29N3O4S. The van der Waals surface area contributed by atoms with Gasteiger partial charge in [0.25, 0.3) is 5.91 Å². The maximum absolute atomic E-state index is 13.4. The number of H-pyrrole nitrogens is 1. The van der Waals surface area contributed by atoms with Crippen molar-refractivity contribution in [2.24, 2.45) is 11.1 Å². The second-order valence-corrected chi connectivity index (χ2v) is 9.56. The molecule has 0 spiro atoms. The minimum atomic E-state index is -3.99. The van der Waals surface area contributed by atoms with Gasteiger partial charge < -0.3 is 15.0 Å². The summed E-state index contributed by atoms with van der Waals surface area (Å²) in [6.07, 6.45) is 4.98. The van der Waals surface area contributed by atoms with E-state index in [4.69, 9.17) is 9.88 Å². The summed E-state index contributed by atoms with van der Waals surface area (Å²) < 4.78 is 29.9. The number of carbonyl (C=O) groups is 1. The van der Waals surface area contributed by atoms with E-state index in [0.29, 0.717) is 22.8 Å². The van der Waals surface area contributed by atoms with Gasteiger partial charge in [-0.05, 0) is 54.5 Å². The number of amides is 1. The fourth-order valence-corrected chi connectivity index (χ4v) is 4.53. The number of nitrogens with two attached hydrogens (primary N) is 1. The average Bonchev–Trinajstić information content (AvgIpc) is 3.28. The minimum absolute atomic E-state index is 0.0502. The number of aromatic nitrogens is 1. The zero-order chi connectivity index (χ0) is 21.3. The van der Waals surface area contributed by atoms with Gasteiger partial charge in [-0.1, -0.05) is 26.7 Å². The summed E-state index contributed by atoms with van der Waals surface area (Å²) in [6.45, 7) is 5.42. The van der Waals surface area contributed by atoms with Gasteiger partial charge in [-0.3, -0.25) is 4.79 Å². The molecule has 0 radical (unpaired) electrons. The van der Waals surface area contributed by atoms with Crippen LogP contribution in [0.25, 0.3) is 0 Å². The van der Waals surface area contributed by atoms with Crippen molar-refractivity contribution >= 4 is 15.9 Å². The Hall–Kier alpha value is -2.32. The Morgan fingerprint density at radius 3 is 2.55 bits per heavy atom. The predicted molar refractivity (Wildman–Crippen MR) is 112 cm³/mol. The molecular weight excluding hydrogens is 390 g/mol. The number of methoxy groups -OCH3 is 1. The summed E-state index contributed by atoms with van der Waals surface area (Å²) in [7, 11) is -2.51. The second-order valence-electron chi connectivity index (χ2n) is 8.03. The highest BCUT2D eigenvalue weighted by molar-refractivity contribution is 7.89. The second kappa shape index (κ2) is 8.20. The van der Waals surface area contributed by atoms with Crippen LogP contribution in [0.1, 0.15) is 72.2 Å². The summed E-state index contributed by atoms with van der Waals surface area (Å²) in [4.78, 5) is 16.5. The summed E-state index contributed by atoms with van der Waals surface area (Å²) in [5.74, 6) is 0.558. The average molecular weight is 420 g/mol. The largest absolute Gasteiger partial charge is 0.496 e. The molecule has 1 aromatic carbocycles. The zero-order valence-electron chi connectivity index (χ0n) is 17.3. The first kappa shape index (κ1) is 21.4. The lowest BCUT2D eigenvalue weighted by Gasteiger charge is -2.23. The summed E-state index contributed by atoms with van der Waals surface area (Å²) in [5.41, 5.74) is 2.07. The van der Waals surface area contributed by atoms with Crippen molar-refractivity contribution in [2.75, 3.05) is 7.11 Å². The summed E-state index contributed by atoms with van der Waals surface area (Å²) >= 11 is 0. The van der Waals surface area contributed by atoms with Gasteiger partial charge >= 0.3 is 0 Å². The van der Waals surface area contributed by atoms with E-state index in [2.05, 4.69) is 10.3 Å². The Bertz CT molecular complexity index is 993. The van der Waals surface area contributed by atoms with Gasteiger partial charge in [0.1, 0.15) is 5.75 Å². The van der Waals surface area contributed by atoms with Crippen molar-refractivity contribution in [3.8, 4) is 5.75 Å². The SMILES string of the molecule is COc1c(C(C)C)cc(S(N)(=O)=O)c(C)c1C(=O)NC(CC1CC1)c1ccc[nH]1. The topological polar surface area (TPSA) is 114 Å². The number of nitrogens with one attached hydrogen (secondary N) is 2. The molecule has 29 heavy (non-hydrogen) atoms. The van der Waals surface area contributed by atoms with Crippen molar-refractivity contribution in [1.82, 2.24) is 10.3 Å². The number of ether oxygens (including phenoxy) is 1. The molecule has 158 valence electrons. The molecule has 1 aliphatic carbocycles. The van der Waals surface area contributed by atoms with E-state index in [1.807, 2.05) is 32.2 Å². The van der Waals surface area contributed by atoms with Gasteiger partial charge in [-0.15, -0.1) is 0 Å². The normalized spacial score (nSPS) is 15.4. The molecule has 1 unspecified atom stereocenters. The molecule has 1 heterocycles. The van der Waals surface area contributed by atoms with Gasteiger partial charge in [0.15, 0.2) is 0 Å². The number of benzene rings is 1. The van der Waals surface area contributed by atoms with Gasteiger partial charge in [-0.2, -0.15) is 0 Å². The first-order valence-electron chi connectivity index (χ1n) is 9.81. The predicted octanol–water partition coefficient (Wildman–Crippen LogP) is 3.37. The van der Waals surface area contributed by atoms with Crippen LogP contribution < -0.4 is 15.2 Å². The number of carbonyl (C=O) groups excluding carboxylic acids is 1. The van der Waals surface area contributed by atoms with E-state index in [0.717, 1.165) is 25.0 Å². The molecule has 1 amide bonds. The molecule has 3 rings (SSSR count). The van der Waals surface area contributed by atoms with Crippen molar-refractivity contribution in [1.29, 1.82) is 0 Å². The molecule has 1 saturated carbocycles. The third-order valence-corrected chi connectivity index (χ3v) is 6.49. The van der Waals surface area contributed by atoms with Crippen LogP contribution in [0.3, 0.4) is 0 Å². The van der Waals surface area contributed by atoms with E-state index in [1.54, 1.807) is 6.92 Å². The lowest BCUT2D eigenvalue weighted by atomic mass is 9.95. The quantitative estimate of drug-likeness (QED) is 0.608. The summed E-state index contributed by atoms with van der Waals surface area (Å²) in [5, 5.41) is 8.52. The van der Waals surface area contributed by atoms with E-state index in [-0.39, 0.29) is 28.3 Å². The van der Waals surface area contributed by atoms with Crippen LogP contribution in [0.5, 0.6) is 5.75 Å². The molecule has 0 aliphatic heterocycles. The van der Waals surface area contributed by atoms with Crippen LogP contribution in [0, 0.1) is 12.8 Å². The Labute approximate surface area is 172 Å². The maximum atomic E-state index is 13.4. The molecule has 1 fully saturated rings. The molecule has 1 aromatic heterocycles. The summed E-state index contributed by atoms with van der Waals surface area (Å²) in [6, 6.07) is 5.16. The van der Waals surface area contributed by atoms with Crippen molar-refractivity contribution in [2.45, 2.75) is 56.9 Å². The number of hydrogen-bond acceptors (Lipinski definition) is 4. The van der Waals surface area contributed by atoms with E-state index in [1.165, 1.54) is 13.2 Å². The lowest BCUT2D eigenvalue weighted by Crippen LogP contribution is -2.31. The van der Waals surface area contributed by atoms with Crippen LogP contribution in [0.15, 0.2) is 29.3 Å². The van der Waals surface area contributed by atoms with Crippen LogP contribution in [0.2, 0.25) is 0 Å². The molecule has 8 heteroatoms. The third kappa shape index (κ3) is 4.64. The fraction of sp³-hybridized carbons (Fsp3) is 0.476. The molecule has 1 aliphatic rings. The molecule has 4 N–H and O–H groups in total. The lowest BCUT2D eigenvalue weighted by molar-refractivity contribution is 0.0928. The Morgan fingerprint density at radius 2 is 2.07 bits per heavy atom. The zero-order valence-corrected chi connectivity index (χ0v) is 18.1. The monoisotopic (exact) mass is 419 g/mol. The molecule has 2 aromatic rings. The molecule has 1 atom stereocenters. The first-order chi connectivity index (χ1) is 13.6.